The van der Waals surface area contributed by atoms with Gasteiger partial charge in [0.15, 0.2) is 0 Å². The van der Waals surface area contributed by atoms with Gasteiger partial charge < -0.3 is 15.4 Å². The summed E-state index contributed by atoms with van der Waals surface area (Å²) in [6.45, 7) is 9.40. The second kappa shape index (κ2) is 8.71. The van der Waals surface area contributed by atoms with Crippen LogP contribution in [0.4, 0.5) is 4.79 Å². The van der Waals surface area contributed by atoms with Crippen LogP contribution in [-0.4, -0.2) is 46.7 Å². The number of nitrogens with one attached hydrogen (secondary N) is 3. The van der Waals surface area contributed by atoms with Crippen molar-refractivity contribution in [3.63, 3.8) is 0 Å². The van der Waals surface area contributed by atoms with E-state index in [-0.39, 0.29) is 29.6 Å². The van der Waals surface area contributed by atoms with Crippen molar-refractivity contribution in [2.45, 2.75) is 83.1 Å². The standard InChI is InChI=1S/C22H34N4O3/c1-21(2)13-17(14-22(3,4)25-21)23-19(27)18-11-8-12-26(24-18)20(28)29-15-16-9-6-5-7-10-16/h5-7,9-10,17-18,24-25H,8,11-15H2,1-4H3,(H,23,27). The zero-order chi connectivity index (χ0) is 21.1. The molecule has 2 fully saturated rings. The van der Waals surface area contributed by atoms with E-state index in [4.69, 9.17) is 4.74 Å². The van der Waals surface area contributed by atoms with Crippen molar-refractivity contribution in [2.75, 3.05) is 6.54 Å². The fraction of sp³-hybridized carbons (Fsp3) is 0.636. The highest BCUT2D eigenvalue weighted by atomic mass is 16.6. The molecule has 0 aromatic heterocycles. The van der Waals surface area contributed by atoms with Gasteiger partial charge in [0.25, 0.3) is 0 Å². The molecule has 7 heteroatoms. The third kappa shape index (κ3) is 6.18. The van der Waals surface area contributed by atoms with Gasteiger partial charge in [-0.3, -0.25) is 4.79 Å². The molecule has 160 valence electrons. The second-order valence-electron chi connectivity index (χ2n) is 9.52. The Labute approximate surface area is 173 Å². The first-order valence-corrected chi connectivity index (χ1v) is 10.5. The lowest BCUT2D eigenvalue weighted by molar-refractivity contribution is -0.126. The fourth-order valence-electron chi connectivity index (χ4n) is 4.63. The molecule has 2 saturated heterocycles. The summed E-state index contributed by atoms with van der Waals surface area (Å²) in [7, 11) is 0. The molecule has 2 heterocycles. The minimum atomic E-state index is -0.449. The van der Waals surface area contributed by atoms with E-state index in [0.29, 0.717) is 13.0 Å². The number of rotatable bonds is 4. The number of hydrogen-bond donors (Lipinski definition) is 3. The van der Waals surface area contributed by atoms with Crippen molar-refractivity contribution in [3.8, 4) is 0 Å². The highest BCUT2D eigenvalue weighted by Gasteiger charge is 2.39. The highest BCUT2D eigenvalue weighted by Crippen LogP contribution is 2.28. The minimum Gasteiger partial charge on any atom is -0.444 e. The molecular formula is C22H34N4O3. The molecule has 1 atom stereocenters. The second-order valence-corrected chi connectivity index (χ2v) is 9.52. The number of ether oxygens (including phenoxy) is 1. The highest BCUT2D eigenvalue weighted by molar-refractivity contribution is 5.82. The topological polar surface area (TPSA) is 82.7 Å². The largest absolute Gasteiger partial charge is 0.444 e. The van der Waals surface area contributed by atoms with Crippen molar-refractivity contribution in [2.24, 2.45) is 0 Å². The van der Waals surface area contributed by atoms with Crippen molar-refractivity contribution < 1.29 is 14.3 Å². The van der Waals surface area contributed by atoms with Crippen molar-refractivity contribution in [3.05, 3.63) is 35.9 Å². The Morgan fingerprint density at radius 2 is 1.79 bits per heavy atom. The first kappa shape index (κ1) is 21.6. The number of piperidine rings is 1. The lowest BCUT2D eigenvalue weighted by Gasteiger charge is -2.47. The summed E-state index contributed by atoms with van der Waals surface area (Å²) in [4.78, 5) is 25.3. The summed E-state index contributed by atoms with van der Waals surface area (Å²) in [6, 6.07) is 9.25. The summed E-state index contributed by atoms with van der Waals surface area (Å²) >= 11 is 0. The summed E-state index contributed by atoms with van der Waals surface area (Å²) in [5.74, 6) is -0.0518. The molecule has 29 heavy (non-hydrogen) atoms. The van der Waals surface area contributed by atoms with E-state index in [9.17, 15) is 9.59 Å². The molecule has 0 bridgehead atoms. The average molecular weight is 403 g/mol. The Morgan fingerprint density at radius 1 is 1.14 bits per heavy atom. The number of benzene rings is 1. The molecule has 3 N–H and O–H groups in total. The Kier molecular flexibility index (Phi) is 6.49. The average Bonchev–Trinajstić information content (AvgIpc) is 2.64. The molecule has 1 aromatic carbocycles. The van der Waals surface area contributed by atoms with Crippen LogP contribution in [0.5, 0.6) is 0 Å². The van der Waals surface area contributed by atoms with Crippen LogP contribution in [0.15, 0.2) is 30.3 Å². The summed E-state index contributed by atoms with van der Waals surface area (Å²) in [5.41, 5.74) is 3.92. The van der Waals surface area contributed by atoms with Gasteiger partial charge in [-0.1, -0.05) is 30.3 Å². The van der Waals surface area contributed by atoms with Gasteiger partial charge in [0.05, 0.1) is 0 Å². The number of hydrogen-bond acceptors (Lipinski definition) is 5. The van der Waals surface area contributed by atoms with Crippen LogP contribution < -0.4 is 16.1 Å². The minimum absolute atomic E-state index is 0.0348. The Balaban J connectivity index is 1.51. The normalized spacial score (nSPS) is 24.0. The number of hydrazine groups is 1. The van der Waals surface area contributed by atoms with E-state index < -0.39 is 12.1 Å². The molecule has 7 nitrogen and oxygen atoms in total. The Hall–Kier alpha value is -2.12. The SMILES string of the molecule is CC1(C)CC(NC(=O)C2CCCN(C(=O)OCc3ccccc3)N2)CC(C)(C)N1. The molecule has 1 aromatic rings. The molecule has 0 aliphatic carbocycles. The van der Waals surface area contributed by atoms with Crippen LogP contribution >= 0.6 is 0 Å². The molecule has 2 aliphatic rings. The first-order chi connectivity index (χ1) is 13.6. The van der Waals surface area contributed by atoms with Crippen molar-refractivity contribution >= 4 is 12.0 Å². The molecular weight excluding hydrogens is 368 g/mol. The quantitative estimate of drug-likeness (QED) is 0.721. The maximum absolute atomic E-state index is 12.9. The zero-order valence-corrected chi connectivity index (χ0v) is 18.0. The zero-order valence-electron chi connectivity index (χ0n) is 18.0. The Bertz CT molecular complexity index is 704. The first-order valence-electron chi connectivity index (χ1n) is 10.5. The van der Waals surface area contributed by atoms with Gasteiger partial charge in [0.1, 0.15) is 12.6 Å². The summed E-state index contributed by atoms with van der Waals surface area (Å²) in [6.07, 6.45) is 2.76. The molecule has 3 rings (SSSR count). The Morgan fingerprint density at radius 3 is 2.45 bits per heavy atom. The number of nitrogens with zero attached hydrogens (tertiary/aromatic N) is 1. The van der Waals surface area contributed by atoms with Gasteiger partial charge in [-0.05, 0) is 58.9 Å². The monoisotopic (exact) mass is 402 g/mol. The third-order valence-corrected chi connectivity index (χ3v) is 5.46. The van der Waals surface area contributed by atoms with Crippen LogP contribution in [-0.2, 0) is 16.1 Å². The van der Waals surface area contributed by atoms with Gasteiger partial charge in [-0.15, -0.1) is 0 Å². The number of carbonyl (C=O) groups is 2. The smallest absolute Gasteiger partial charge is 0.424 e. The van der Waals surface area contributed by atoms with E-state index in [1.54, 1.807) is 0 Å². The lowest BCUT2D eigenvalue weighted by atomic mass is 9.79. The van der Waals surface area contributed by atoms with Crippen LogP contribution in [0.25, 0.3) is 0 Å². The maximum Gasteiger partial charge on any atom is 0.424 e. The van der Waals surface area contributed by atoms with Gasteiger partial charge >= 0.3 is 6.09 Å². The summed E-state index contributed by atoms with van der Waals surface area (Å²) < 4.78 is 5.38. The number of carbonyl (C=O) groups excluding carboxylic acids is 2. The predicted molar refractivity (Wildman–Crippen MR) is 112 cm³/mol. The molecule has 0 saturated carbocycles. The van der Waals surface area contributed by atoms with Crippen LogP contribution in [0.1, 0.15) is 58.9 Å². The predicted octanol–water partition coefficient (Wildman–Crippen LogP) is 2.72. The van der Waals surface area contributed by atoms with Crippen LogP contribution in [0, 0.1) is 0 Å². The molecule has 0 radical (unpaired) electrons. The maximum atomic E-state index is 12.9. The molecule has 1 unspecified atom stereocenters. The van der Waals surface area contributed by atoms with E-state index >= 15 is 0 Å². The van der Waals surface area contributed by atoms with Gasteiger partial charge in [0, 0.05) is 23.7 Å². The number of amides is 2. The van der Waals surface area contributed by atoms with Gasteiger partial charge in [-0.25, -0.2) is 15.2 Å². The van der Waals surface area contributed by atoms with E-state index in [2.05, 4.69) is 43.8 Å². The van der Waals surface area contributed by atoms with Crippen LogP contribution in [0.2, 0.25) is 0 Å². The van der Waals surface area contributed by atoms with E-state index in [1.807, 2.05) is 30.3 Å². The van der Waals surface area contributed by atoms with E-state index in [0.717, 1.165) is 24.8 Å². The fourth-order valence-corrected chi connectivity index (χ4v) is 4.63. The van der Waals surface area contributed by atoms with Gasteiger partial charge in [0.2, 0.25) is 5.91 Å². The summed E-state index contributed by atoms with van der Waals surface area (Å²) in [5, 5.41) is 8.25. The van der Waals surface area contributed by atoms with Crippen molar-refractivity contribution in [1.29, 1.82) is 0 Å². The molecule has 2 amide bonds. The van der Waals surface area contributed by atoms with E-state index in [1.165, 1.54) is 5.01 Å². The third-order valence-electron chi connectivity index (χ3n) is 5.46. The molecule has 2 aliphatic heterocycles. The van der Waals surface area contributed by atoms with Crippen LogP contribution in [0.3, 0.4) is 0 Å². The van der Waals surface area contributed by atoms with Crippen molar-refractivity contribution in [1.82, 2.24) is 21.1 Å². The lowest BCUT2D eigenvalue weighted by Crippen LogP contribution is -2.64. The van der Waals surface area contributed by atoms with Gasteiger partial charge in [-0.2, -0.15) is 0 Å². The molecule has 0 spiro atoms.